The lowest BCUT2D eigenvalue weighted by Gasteiger charge is -2.16. The molecule has 0 amide bonds. The maximum absolute atomic E-state index is 4.21. The third-order valence-electron chi connectivity index (χ3n) is 2.86. The standard InChI is InChI=1S/C13H11BrN2/c14-11-5-3-10(4-6-11)12-2-1-7-16-9-15-8-13(12)16/h2-6,8-9H,1,7H2. The van der Waals surface area contributed by atoms with Crippen LogP contribution in [-0.2, 0) is 6.54 Å². The Labute approximate surface area is 103 Å². The van der Waals surface area contributed by atoms with Crippen LogP contribution in [0.3, 0.4) is 0 Å². The molecule has 3 rings (SSSR count). The first kappa shape index (κ1) is 9.85. The summed E-state index contributed by atoms with van der Waals surface area (Å²) in [5.74, 6) is 0. The third-order valence-corrected chi connectivity index (χ3v) is 3.39. The predicted octanol–water partition coefficient (Wildman–Crippen LogP) is 3.48. The number of allylic oxidation sites excluding steroid dienone is 1. The van der Waals surface area contributed by atoms with Crippen molar-refractivity contribution in [1.29, 1.82) is 0 Å². The Hall–Kier alpha value is -1.35. The van der Waals surface area contributed by atoms with Gasteiger partial charge < -0.3 is 4.57 Å². The van der Waals surface area contributed by atoms with Gasteiger partial charge in [0.15, 0.2) is 0 Å². The first-order valence-electron chi connectivity index (χ1n) is 5.31. The molecule has 80 valence electrons. The lowest BCUT2D eigenvalue weighted by Crippen LogP contribution is -2.06. The van der Waals surface area contributed by atoms with Crippen LogP contribution in [0.25, 0.3) is 5.57 Å². The van der Waals surface area contributed by atoms with Gasteiger partial charge in [-0.2, -0.15) is 0 Å². The van der Waals surface area contributed by atoms with E-state index in [1.54, 1.807) is 0 Å². The van der Waals surface area contributed by atoms with E-state index in [1.807, 2.05) is 12.5 Å². The van der Waals surface area contributed by atoms with E-state index in [0.717, 1.165) is 17.4 Å². The second-order valence-corrected chi connectivity index (χ2v) is 4.80. The van der Waals surface area contributed by atoms with Crippen LogP contribution in [-0.4, -0.2) is 9.55 Å². The number of hydrogen-bond acceptors (Lipinski definition) is 1. The number of rotatable bonds is 1. The lowest BCUT2D eigenvalue weighted by molar-refractivity contribution is 0.688. The summed E-state index contributed by atoms with van der Waals surface area (Å²) in [6.07, 6.45) is 7.21. The maximum Gasteiger partial charge on any atom is 0.0951 e. The van der Waals surface area contributed by atoms with Crippen LogP contribution in [0.15, 0.2) is 47.3 Å². The molecule has 0 radical (unpaired) electrons. The zero-order valence-corrected chi connectivity index (χ0v) is 10.3. The van der Waals surface area contributed by atoms with Gasteiger partial charge >= 0.3 is 0 Å². The largest absolute Gasteiger partial charge is 0.330 e. The molecule has 2 nitrogen and oxygen atoms in total. The Bertz CT molecular complexity index is 537. The highest BCUT2D eigenvalue weighted by Gasteiger charge is 2.13. The van der Waals surface area contributed by atoms with Crippen LogP contribution in [0.2, 0.25) is 0 Å². The van der Waals surface area contributed by atoms with Crippen molar-refractivity contribution in [1.82, 2.24) is 9.55 Å². The Morgan fingerprint density at radius 1 is 1.19 bits per heavy atom. The summed E-state index contributed by atoms with van der Waals surface area (Å²) in [7, 11) is 0. The molecule has 3 heteroatoms. The number of nitrogens with zero attached hydrogens (tertiary/aromatic N) is 2. The molecule has 0 spiro atoms. The van der Waals surface area contributed by atoms with Crippen LogP contribution >= 0.6 is 15.9 Å². The van der Waals surface area contributed by atoms with E-state index in [-0.39, 0.29) is 0 Å². The summed E-state index contributed by atoms with van der Waals surface area (Å²) in [5.41, 5.74) is 3.76. The zero-order valence-electron chi connectivity index (χ0n) is 8.73. The van der Waals surface area contributed by atoms with Gasteiger partial charge in [-0.25, -0.2) is 4.98 Å². The van der Waals surface area contributed by atoms with E-state index in [9.17, 15) is 0 Å². The summed E-state index contributed by atoms with van der Waals surface area (Å²) < 4.78 is 3.32. The van der Waals surface area contributed by atoms with Gasteiger partial charge in [0.1, 0.15) is 0 Å². The summed E-state index contributed by atoms with van der Waals surface area (Å²) in [6, 6.07) is 8.42. The molecule has 0 unspecified atom stereocenters. The molecular weight excluding hydrogens is 264 g/mol. The van der Waals surface area contributed by atoms with Gasteiger partial charge in [0.05, 0.1) is 18.2 Å². The third kappa shape index (κ3) is 1.61. The number of benzene rings is 1. The van der Waals surface area contributed by atoms with Crippen molar-refractivity contribution < 1.29 is 0 Å². The average molecular weight is 275 g/mol. The van der Waals surface area contributed by atoms with Gasteiger partial charge in [-0.1, -0.05) is 34.1 Å². The SMILES string of the molecule is Brc1ccc(C2=CCCn3cncc32)cc1. The smallest absolute Gasteiger partial charge is 0.0951 e. The van der Waals surface area contributed by atoms with E-state index in [0.29, 0.717) is 0 Å². The minimum absolute atomic E-state index is 1.04. The molecule has 0 bridgehead atoms. The van der Waals surface area contributed by atoms with Crippen molar-refractivity contribution in [2.45, 2.75) is 13.0 Å². The fraction of sp³-hybridized carbons (Fsp3) is 0.154. The van der Waals surface area contributed by atoms with Crippen LogP contribution in [0.4, 0.5) is 0 Å². The Kier molecular flexibility index (Phi) is 2.40. The van der Waals surface area contributed by atoms with Gasteiger partial charge in [0.25, 0.3) is 0 Å². The minimum Gasteiger partial charge on any atom is -0.330 e. The zero-order chi connectivity index (χ0) is 11.0. The van der Waals surface area contributed by atoms with Crippen LogP contribution in [0.5, 0.6) is 0 Å². The molecule has 1 aliphatic rings. The Morgan fingerprint density at radius 2 is 2.00 bits per heavy atom. The molecule has 0 aliphatic carbocycles. The molecule has 1 aromatic heterocycles. The fourth-order valence-electron chi connectivity index (χ4n) is 2.07. The quantitative estimate of drug-likeness (QED) is 0.779. The summed E-state index contributed by atoms with van der Waals surface area (Å²) in [5, 5.41) is 0. The molecule has 1 aromatic carbocycles. The van der Waals surface area contributed by atoms with Gasteiger partial charge in [-0.05, 0) is 24.1 Å². The van der Waals surface area contributed by atoms with Crippen molar-refractivity contribution >= 4 is 21.5 Å². The second-order valence-electron chi connectivity index (χ2n) is 3.89. The van der Waals surface area contributed by atoms with Gasteiger partial charge in [0, 0.05) is 16.6 Å². The molecule has 0 saturated heterocycles. The fourth-order valence-corrected chi connectivity index (χ4v) is 2.34. The number of imidazole rings is 1. The van der Waals surface area contributed by atoms with Crippen LogP contribution < -0.4 is 0 Å². The van der Waals surface area contributed by atoms with Gasteiger partial charge in [0.2, 0.25) is 0 Å². The van der Waals surface area contributed by atoms with E-state index < -0.39 is 0 Å². The number of hydrogen-bond donors (Lipinski definition) is 0. The summed E-state index contributed by atoms with van der Waals surface area (Å²) in [6.45, 7) is 1.04. The highest BCUT2D eigenvalue weighted by atomic mass is 79.9. The summed E-state index contributed by atoms with van der Waals surface area (Å²) in [4.78, 5) is 4.21. The molecule has 1 aliphatic heterocycles. The Balaban J connectivity index is 2.08. The molecule has 0 fully saturated rings. The van der Waals surface area contributed by atoms with Crippen LogP contribution in [0, 0.1) is 0 Å². The highest BCUT2D eigenvalue weighted by Crippen LogP contribution is 2.28. The van der Waals surface area contributed by atoms with Crippen molar-refractivity contribution in [3.05, 3.63) is 58.6 Å². The topological polar surface area (TPSA) is 17.8 Å². The highest BCUT2D eigenvalue weighted by molar-refractivity contribution is 9.10. The first-order chi connectivity index (χ1) is 7.84. The van der Waals surface area contributed by atoms with Gasteiger partial charge in [-0.3, -0.25) is 0 Å². The number of halogens is 1. The number of aromatic nitrogens is 2. The van der Waals surface area contributed by atoms with Crippen molar-refractivity contribution in [2.75, 3.05) is 0 Å². The Morgan fingerprint density at radius 3 is 2.81 bits per heavy atom. The lowest BCUT2D eigenvalue weighted by atomic mass is 10.00. The number of fused-ring (bicyclic) bond motifs is 1. The molecule has 2 aromatic rings. The van der Waals surface area contributed by atoms with Crippen LogP contribution in [0.1, 0.15) is 17.7 Å². The summed E-state index contributed by atoms with van der Waals surface area (Å²) >= 11 is 3.46. The molecule has 0 atom stereocenters. The van der Waals surface area contributed by atoms with E-state index in [1.165, 1.54) is 16.8 Å². The van der Waals surface area contributed by atoms with Crippen molar-refractivity contribution in [3.63, 3.8) is 0 Å². The average Bonchev–Trinajstić information content (AvgIpc) is 2.78. The van der Waals surface area contributed by atoms with Crippen molar-refractivity contribution in [3.8, 4) is 0 Å². The van der Waals surface area contributed by atoms with E-state index in [2.05, 4.69) is 55.8 Å². The molecule has 0 N–H and O–H groups in total. The van der Waals surface area contributed by atoms with E-state index >= 15 is 0 Å². The molecule has 0 saturated carbocycles. The monoisotopic (exact) mass is 274 g/mol. The van der Waals surface area contributed by atoms with E-state index in [4.69, 9.17) is 0 Å². The molecule has 16 heavy (non-hydrogen) atoms. The first-order valence-corrected chi connectivity index (χ1v) is 6.10. The van der Waals surface area contributed by atoms with Gasteiger partial charge in [-0.15, -0.1) is 0 Å². The second kappa shape index (κ2) is 3.91. The minimum atomic E-state index is 1.04. The normalized spacial score (nSPS) is 14.4. The maximum atomic E-state index is 4.21. The number of aryl methyl sites for hydroxylation is 1. The predicted molar refractivity (Wildman–Crippen MR) is 68.1 cm³/mol. The van der Waals surface area contributed by atoms with Crippen molar-refractivity contribution in [2.24, 2.45) is 0 Å². The molecular formula is C13H11BrN2. The molecule has 2 heterocycles.